The molecule has 6 aromatic rings. The van der Waals surface area contributed by atoms with Crippen molar-refractivity contribution in [1.29, 1.82) is 0 Å². The normalized spacial score (nSPS) is 13.7. The van der Waals surface area contributed by atoms with E-state index in [9.17, 15) is 0 Å². The Balaban J connectivity index is 1.48. The van der Waals surface area contributed by atoms with Crippen LogP contribution in [0.15, 0.2) is 53.5 Å². The summed E-state index contributed by atoms with van der Waals surface area (Å²) in [6.07, 6.45) is 0. The molecule has 0 aliphatic rings. The third kappa shape index (κ3) is 7.08. The zero-order valence-corrected chi connectivity index (χ0v) is 32.1. The molecule has 3 aromatic heterocycles. The summed E-state index contributed by atoms with van der Waals surface area (Å²) in [6, 6.07) is 17.3. The molecule has 47 heavy (non-hydrogen) atoms. The Bertz CT molecular complexity index is 2100. The van der Waals surface area contributed by atoms with Gasteiger partial charge in [0.25, 0.3) is 0 Å². The first-order chi connectivity index (χ1) is 21.8. The molecule has 0 unspecified atom stereocenters. The maximum Gasteiger partial charge on any atom is 0.213 e. The summed E-state index contributed by atoms with van der Waals surface area (Å²) in [5.74, 6) is 0.545. The fourth-order valence-electron chi connectivity index (χ4n) is 5.45. The molecular formula is C38H46N6S3. The number of nitrogens with zero attached hydrogens (tertiary/aromatic N) is 4. The number of benzene rings is 3. The summed E-state index contributed by atoms with van der Waals surface area (Å²) in [7, 11) is 0. The van der Waals surface area contributed by atoms with Crippen LogP contribution in [0.1, 0.15) is 105 Å². The van der Waals surface area contributed by atoms with Gasteiger partial charge < -0.3 is 10.6 Å². The number of hydrogen-bond acceptors (Lipinski definition) is 7. The summed E-state index contributed by atoms with van der Waals surface area (Å²) < 4.78 is 3.48. The fourth-order valence-corrected chi connectivity index (χ4v) is 8.63. The Labute approximate surface area is 290 Å². The van der Waals surface area contributed by atoms with Crippen molar-refractivity contribution < 1.29 is 0 Å². The number of anilines is 2. The lowest BCUT2D eigenvalue weighted by Crippen LogP contribution is -2.21. The van der Waals surface area contributed by atoms with Crippen molar-refractivity contribution in [3.63, 3.8) is 0 Å². The van der Waals surface area contributed by atoms with Crippen LogP contribution in [-0.2, 0) is 21.7 Å². The maximum absolute atomic E-state index is 5.11. The van der Waals surface area contributed by atoms with Gasteiger partial charge in [-0.1, -0.05) is 141 Å². The van der Waals surface area contributed by atoms with Gasteiger partial charge in [0.2, 0.25) is 11.1 Å². The van der Waals surface area contributed by atoms with Crippen LogP contribution in [0.5, 0.6) is 0 Å². The topological polar surface area (TPSA) is 75.1 Å². The number of thiazole rings is 3. The van der Waals surface area contributed by atoms with Crippen molar-refractivity contribution in [3.8, 4) is 0 Å². The van der Waals surface area contributed by atoms with Crippen LogP contribution in [0.2, 0.25) is 0 Å². The van der Waals surface area contributed by atoms with Crippen molar-refractivity contribution in [2.75, 3.05) is 10.6 Å². The molecule has 0 amide bonds. The number of aliphatic imine (C=N–C) groups is 1. The van der Waals surface area contributed by atoms with Crippen LogP contribution >= 0.6 is 34.0 Å². The summed E-state index contributed by atoms with van der Waals surface area (Å²) in [5, 5.41) is 9.26. The van der Waals surface area contributed by atoms with E-state index in [2.05, 4.69) is 124 Å². The Morgan fingerprint density at radius 2 is 1.04 bits per heavy atom. The number of rotatable bonds is 3. The van der Waals surface area contributed by atoms with Crippen LogP contribution in [0.3, 0.4) is 0 Å². The molecule has 0 spiro atoms. The quantitative estimate of drug-likeness (QED) is 0.144. The Hall–Kier alpha value is -3.40. The molecule has 0 fully saturated rings. The van der Waals surface area contributed by atoms with Gasteiger partial charge in [0.05, 0.1) is 30.6 Å². The first-order valence-electron chi connectivity index (χ1n) is 16.2. The predicted octanol–water partition coefficient (Wildman–Crippen LogP) is 11.9. The summed E-state index contributed by atoms with van der Waals surface area (Å²) in [6.45, 7) is 27.1. The lowest BCUT2D eigenvalue weighted by Gasteiger charge is -2.25. The largest absolute Gasteiger partial charge is 0.301 e. The number of para-hydroxylation sites is 1. The Morgan fingerprint density at radius 3 is 1.57 bits per heavy atom. The molecule has 246 valence electrons. The molecule has 6 rings (SSSR count). The minimum atomic E-state index is -0.0367. The third-order valence-electron chi connectivity index (χ3n) is 8.27. The molecule has 3 aromatic carbocycles. The van der Waals surface area contributed by atoms with E-state index in [1.165, 1.54) is 31.7 Å². The monoisotopic (exact) mass is 682 g/mol. The highest BCUT2D eigenvalue weighted by Crippen LogP contribution is 2.41. The van der Waals surface area contributed by atoms with Crippen molar-refractivity contribution >= 4 is 86.0 Å². The van der Waals surface area contributed by atoms with E-state index >= 15 is 0 Å². The number of guanidine groups is 1. The number of aromatic nitrogens is 3. The Morgan fingerprint density at radius 1 is 0.553 bits per heavy atom. The van der Waals surface area contributed by atoms with Crippen molar-refractivity contribution in [3.05, 3.63) is 70.8 Å². The minimum absolute atomic E-state index is 0.00790. The number of nitrogens with one attached hydrogen (secondary N) is 2. The van der Waals surface area contributed by atoms with Gasteiger partial charge in [-0.2, -0.15) is 4.99 Å². The molecule has 0 aliphatic heterocycles. The van der Waals surface area contributed by atoms with E-state index < -0.39 is 0 Å². The van der Waals surface area contributed by atoms with Gasteiger partial charge in [-0.25, -0.2) is 15.0 Å². The predicted molar refractivity (Wildman–Crippen MR) is 208 cm³/mol. The van der Waals surface area contributed by atoms with Gasteiger partial charge in [-0.05, 0) is 68.2 Å². The van der Waals surface area contributed by atoms with E-state index in [1.807, 2.05) is 18.2 Å². The molecule has 0 saturated heterocycles. The molecule has 2 N–H and O–H groups in total. The smallest absolute Gasteiger partial charge is 0.213 e. The minimum Gasteiger partial charge on any atom is -0.301 e. The van der Waals surface area contributed by atoms with Gasteiger partial charge in [-0.3, -0.25) is 0 Å². The molecule has 0 radical (unpaired) electrons. The fraction of sp³-hybridized carbons (Fsp3) is 0.421. The average Bonchev–Trinajstić information content (AvgIpc) is 3.64. The molecule has 9 heteroatoms. The van der Waals surface area contributed by atoms with Gasteiger partial charge in [-0.15, -0.1) is 0 Å². The Kier molecular flexibility index (Phi) is 8.29. The van der Waals surface area contributed by atoms with Crippen LogP contribution in [0, 0.1) is 0 Å². The van der Waals surface area contributed by atoms with Crippen molar-refractivity contribution in [2.45, 2.75) is 105 Å². The highest BCUT2D eigenvalue weighted by Gasteiger charge is 2.26. The van der Waals surface area contributed by atoms with Gasteiger partial charge in [0, 0.05) is 0 Å². The molecular weight excluding hydrogens is 637 g/mol. The number of hydrogen-bond donors (Lipinski definition) is 2. The second-order valence-electron chi connectivity index (χ2n) is 16.5. The SMILES string of the molecule is CC(C)(C)c1cc(C(C)(C)C)c2sc(/N=C(/Nc3nc4ccccc4s3)Nc3nc4cc(C(C)(C)C)cc(C(C)(C)C)c4s3)nc2c1. The zero-order chi connectivity index (χ0) is 34.1. The van der Waals surface area contributed by atoms with Crippen molar-refractivity contribution in [1.82, 2.24) is 15.0 Å². The first-order valence-corrected chi connectivity index (χ1v) is 18.6. The van der Waals surface area contributed by atoms with Gasteiger partial charge in [0.15, 0.2) is 10.3 Å². The lowest BCUT2D eigenvalue weighted by molar-refractivity contribution is 0.572. The second kappa shape index (κ2) is 11.6. The average molecular weight is 683 g/mol. The summed E-state index contributed by atoms with van der Waals surface area (Å²) >= 11 is 4.89. The molecule has 0 saturated carbocycles. The molecule has 6 nitrogen and oxygen atoms in total. The van der Waals surface area contributed by atoms with E-state index in [-0.39, 0.29) is 21.7 Å². The van der Waals surface area contributed by atoms with Crippen LogP contribution in [0.25, 0.3) is 30.6 Å². The molecule has 0 aliphatic carbocycles. The molecule has 0 atom stereocenters. The zero-order valence-electron chi connectivity index (χ0n) is 29.6. The second-order valence-corrected chi connectivity index (χ2v) is 19.5. The highest BCUT2D eigenvalue weighted by molar-refractivity contribution is 7.23. The van der Waals surface area contributed by atoms with Crippen LogP contribution < -0.4 is 10.6 Å². The highest BCUT2D eigenvalue weighted by atomic mass is 32.1. The van der Waals surface area contributed by atoms with Gasteiger partial charge in [0.1, 0.15) is 0 Å². The van der Waals surface area contributed by atoms with E-state index in [0.29, 0.717) is 11.1 Å². The van der Waals surface area contributed by atoms with E-state index in [1.54, 1.807) is 34.0 Å². The summed E-state index contributed by atoms with van der Waals surface area (Å²) in [5.41, 5.74) is 8.05. The number of fused-ring (bicyclic) bond motifs is 3. The van der Waals surface area contributed by atoms with Crippen LogP contribution in [0.4, 0.5) is 15.4 Å². The maximum atomic E-state index is 5.11. The van der Waals surface area contributed by atoms with E-state index in [4.69, 9.17) is 19.9 Å². The summed E-state index contributed by atoms with van der Waals surface area (Å²) in [4.78, 5) is 20.1. The first kappa shape index (κ1) is 33.5. The third-order valence-corrected chi connectivity index (χ3v) is 11.2. The van der Waals surface area contributed by atoms with E-state index in [0.717, 1.165) is 31.5 Å². The van der Waals surface area contributed by atoms with Crippen molar-refractivity contribution in [2.24, 2.45) is 4.99 Å². The standard InChI is InChI=1S/C38H46N6S3/c1-35(2,3)21-17-23(37(7,8)9)29-26(19-21)40-33(46-29)43-31(42-32-39-25-15-13-14-16-28(25)45-32)44-34-41-27-20-22(36(4,5)6)18-24(30(27)47-34)38(10,11)12/h13-20H,1-12H3,(H2,39,40,41,42,43,44). The molecule has 0 bridgehead atoms. The lowest BCUT2D eigenvalue weighted by atomic mass is 9.80. The van der Waals surface area contributed by atoms with Crippen LogP contribution in [-0.4, -0.2) is 20.9 Å². The van der Waals surface area contributed by atoms with Gasteiger partial charge >= 0.3 is 0 Å². The molecule has 3 heterocycles.